The molecule has 1 aliphatic rings. The van der Waals surface area contributed by atoms with Crippen molar-refractivity contribution in [1.29, 1.82) is 0 Å². The maximum atomic E-state index is 12.1. The summed E-state index contributed by atoms with van der Waals surface area (Å²) < 4.78 is 0. The van der Waals surface area contributed by atoms with Gasteiger partial charge in [-0.05, 0) is 38.2 Å². The summed E-state index contributed by atoms with van der Waals surface area (Å²) in [6.07, 6.45) is 0. The third-order valence-electron chi connectivity index (χ3n) is 3.63. The number of rotatable bonds is 2. The Morgan fingerprint density at radius 3 is 2.45 bits per heavy atom. The summed E-state index contributed by atoms with van der Waals surface area (Å²) in [4.78, 5) is 26.9. The standard InChI is InChI=1S/C14H19N3O3/c1-10-9-17(8-7-16(10)2)14(20)15-12-5-3-11(4-6-12)13(18)19/h3-6,10H,7-9H2,1-2H3,(H,15,20)(H,18,19). The fraction of sp³-hybridized carbons (Fsp3) is 0.429. The molecule has 6 heteroatoms. The van der Waals surface area contributed by atoms with Crippen molar-refractivity contribution in [3.05, 3.63) is 29.8 Å². The third-order valence-corrected chi connectivity index (χ3v) is 3.63. The first-order valence-electron chi connectivity index (χ1n) is 6.57. The van der Waals surface area contributed by atoms with Crippen molar-refractivity contribution in [2.75, 3.05) is 32.0 Å². The second-order valence-corrected chi connectivity index (χ2v) is 5.09. The van der Waals surface area contributed by atoms with E-state index in [0.29, 0.717) is 24.8 Å². The van der Waals surface area contributed by atoms with Gasteiger partial charge >= 0.3 is 12.0 Å². The number of likely N-dealkylation sites (N-methyl/N-ethyl adjacent to an activating group) is 1. The SMILES string of the molecule is CC1CN(C(=O)Nc2ccc(C(=O)O)cc2)CCN1C. The highest BCUT2D eigenvalue weighted by atomic mass is 16.4. The molecule has 0 radical (unpaired) electrons. The summed E-state index contributed by atoms with van der Waals surface area (Å²) in [6.45, 7) is 4.32. The van der Waals surface area contributed by atoms with Gasteiger partial charge in [-0.25, -0.2) is 9.59 Å². The molecule has 1 heterocycles. The van der Waals surface area contributed by atoms with Crippen molar-refractivity contribution in [1.82, 2.24) is 9.80 Å². The van der Waals surface area contributed by atoms with E-state index in [-0.39, 0.29) is 11.6 Å². The van der Waals surface area contributed by atoms with Crippen LogP contribution in [0.25, 0.3) is 0 Å². The van der Waals surface area contributed by atoms with Crippen LogP contribution < -0.4 is 5.32 Å². The molecule has 1 unspecified atom stereocenters. The fourth-order valence-corrected chi connectivity index (χ4v) is 2.13. The second kappa shape index (κ2) is 5.92. The minimum absolute atomic E-state index is 0.145. The van der Waals surface area contributed by atoms with E-state index in [0.717, 1.165) is 6.54 Å². The van der Waals surface area contributed by atoms with Crippen molar-refractivity contribution < 1.29 is 14.7 Å². The molecule has 20 heavy (non-hydrogen) atoms. The number of nitrogens with zero attached hydrogens (tertiary/aromatic N) is 2. The molecule has 2 rings (SSSR count). The van der Waals surface area contributed by atoms with Gasteiger partial charge in [0, 0.05) is 31.4 Å². The number of piperazine rings is 1. The lowest BCUT2D eigenvalue weighted by atomic mass is 10.2. The average molecular weight is 277 g/mol. The van der Waals surface area contributed by atoms with Gasteiger partial charge in [-0.1, -0.05) is 0 Å². The Labute approximate surface area is 118 Å². The van der Waals surface area contributed by atoms with Crippen LogP contribution in [-0.2, 0) is 0 Å². The number of anilines is 1. The third kappa shape index (κ3) is 3.27. The zero-order chi connectivity index (χ0) is 14.7. The highest BCUT2D eigenvalue weighted by molar-refractivity contribution is 5.91. The maximum Gasteiger partial charge on any atom is 0.335 e. The smallest absolute Gasteiger partial charge is 0.335 e. The Kier molecular flexibility index (Phi) is 4.24. The number of carboxylic acids is 1. The molecule has 1 fully saturated rings. The zero-order valence-corrected chi connectivity index (χ0v) is 11.7. The van der Waals surface area contributed by atoms with Gasteiger partial charge in [0.2, 0.25) is 0 Å². The van der Waals surface area contributed by atoms with Crippen LogP contribution in [0.15, 0.2) is 24.3 Å². The number of hydrogen-bond acceptors (Lipinski definition) is 3. The van der Waals surface area contributed by atoms with Crippen molar-refractivity contribution in [3.63, 3.8) is 0 Å². The van der Waals surface area contributed by atoms with E-state index < -0.39 is 5.97 Å². The Morgan fingerprint density at radius 2 is 1.90 bits per heavy atom. The minimum Gasteiger partial charge on any atom is -0.478 e. The van der Waals surface area contributed by atoms with Gasteiger partial charge in [0.25, 0.3) is 0 Å². The minimum atomic E-state index is -0.976. The van der Waals surface area contributed by atoms with Crippen molar-refractivity contribution >= 4 is 17.7 Å². The van der Waals surface area contributed by atoms with Crippen LogP contribution in [-0.4, -0.2) is 59.6 Å². The normalized spacial score (nSPS) is 19.7. The molecule has 0 saturated carbocycles. The topological polar surface area (TPSA) is 72.9 Å². The van der Waals surface area contributed by atoms with E-state index >= 15 is 0 Å². The summed E-state index contributed by atoms with van der Waals surface area (Å²) in [7, 11) is 2.05. The number of hydrogen-bond donors (Lipinski definition) is 2. The Bertz CT molecular complexity index is 501. The van der Waals surface area contributed by atoms with Crippen molar-refractivity contribution in [3.8, 4) is 0 Å². The molecule has 2 N–H and O–H groups in total. The Morgan fingerprint density at radius 1 is 1.25 bits per heavy atom. The average Bonchev–Trinajstić information content (AvgIpc) is 2.42. The molecule has 2 amide bonds. The monoisotopic (exact) mass is 277 g/mol. The summed E-state index contributed by atoms with van der Waals surface area (Å²) in [5, 5.41) is 11.6. The molecule has 1 saturated heterocycles. The van der Waals surface area contributed by atoms with Crippen molar-refractivity contribution in [2.45, 2.75) is 13.0 Å². The molecule has 1 aromatic rings. The molecule has 0 aliphatic carbocycles. The van der Waals surface area contributed by atoms with Gasteiger partial charge in [0.15, 0.2) is 0 Å². The fourth-order valence-electron chi connectivity index (χ4n) is 2.13. The highest BCUT2D eigenvalue weighted by Gasteiger charge is 2.24. The number of nitrogens with one attached hydrogen (secondary N) is 1. The number of carbonyl (C=O) groups excluding carboxylic acids is 1. The number of urea groups is 1. The number of carboxylic acid groups (broad SMARTS) is 1. The van der Waals surface area contributed by atoms with E-state index in [9.17, 15) is 9.59 Å². The lowest BCUT2D eigenvalue weighted by Crippen LogP contribution is -2.53. The first-order chi connectivity index (χ1) is 9.47. The largest absolute Gasteiger partial charge is 0.478 e. The van der Waals surface area contributed by atoms with Gasteiger partial charge in [-0.15, -0.1) is 0 Å². The Hall–Kier alpha value is -2.08. The second-order valence-electron chi connectivity index (χ2n) is 5.09. The molecule has 1 atom stereocenters. The summed E-state index contributed by atoms with van der Waals surface area (Å²) in [5.74, 6) is -0.976. The molecule has 1 aromatic carbocycles. The molecule has 6 nitrogen and oxygen atoms in total. The van der Waals surface area contributed by atoms with Crippen LogP contribution in [0.3, 0.4) is 0 Å². The number of benzene rings is 1. The molecular formula is C14H19N3O3. The first-order valence-corrected chi connectivity index (χ1v) is 6.57. The highest BCUT2D eigenvalue weighted by Crippen LogP contribution is 2.12. The van der Waals surface area contributed by atoms with Crippen LogP contribution in [0.4, 0.5) is 10.5 Å². The molecule has 0 aromatic heterocycles. The number of carbonyl (C=O) groups is 2. The van der Waals surface area contributed by atoms with Crippen LogP contribution in [0.2, 0.25) is 0 Å². The predicted molar refractivity (Wildman–Crippen MR) is 76.1 cm³/mol. The van der Waals surface area contributed by atoms with E-state index in [1.807, 2.05) is 7.05 Å². The number of aromatic carboxylic acids is 1. The van der Waals surface area contributed by atoms with E-state index in [2.05, 4.69) is 17.1 Å². The van der Waals surface area contributed by atoms with E-state index in [4.69, 9.17) is 5.11 Å². The van der Waals surface area contributed by atoms with Crippen LogP contribution >= 0.6 is 0 Å². The maximum absolute atomic E-state index is 12.1. The first kappa shape index (κ1) is 14.3. The van der Waals surface area contributed by atoms with Gasteiger partial charge in [-0.3, -0.25) is 0 Å². The lowest BCUT2D eigenvalue weighted by Gasteiger charge is -2.37. The van der Waals surface area contributed by atoms with Gasteiger partial charge < -0.3 is 20.2 Å². The zero-order valence-electron chi connectivity index (χ0n) is 11.7. The summed E-state index contributed by atoms with van der Waals surface area (Å²) >= 11 is 0. The molecule has 108 valence electrons. The van der Waals surface area contributed by atoms with Crippen LogP contribution in [0, 0.1) is 0 Å². The quantitative estimate of drug-likeness (QED) is 0.860. The summed E-state index contributed by atoms with van der Waals surface area (Å²) in [6, 6.07) is 6.34. The van der Waals surface area contributed by atoms with E-state index in [1.165, 1.54) is 12.1 Å². The molecular weight excluding hydrogens is 258 g/mol. The van der Waals surface area contributed by atoms with Crippen LogP contribution in [0.5, 0.6) is 0 Å². The van der Waals surface area contributed by atoms with Crippen LogP contribution in [0.1, 0.15) is 17.3 Å². The lowest BCUT2D eigenvalue weighted by molar-refractivity contribution is 0.0697. The van der Waals surface area contributed by atoms with Crippen molar-refractivity contribution in [2.24, 2.45) is 0 Å². The predicted octanol–water partition coefficient (Wildman–Crippen LogP) is 1.55. The van der Waals surface area contributed by atoms with E-state index in [1.54, 1.807) is 17.0 Å². The molecule has 1 aliphatic heterocycles. The van der Waals surface area contributed by atoms with Gasteiger partial charge in [0.05, 0.1) is 5.56 Å². The number of amides is 2. The molecule has 0 spiro atoms. The summed E-state index contributed by atoms with van der Waals surface area (Å²) in [5.41, 5.74) is 0.808. The van der Waals surface area contributed by atoms with Gasteiger partial charge in [0.1, 0.15) is 0 Å². The van der Waals surface area contributed by atoms with Gasteiger partial charge in [-0.2, -0.15) is 0 Å². The molecule has 0 bridgehead atoms. The Balaban J connectivity index is 1.96.